The number of aliphatic carboxylic acids is 1. The first-order valence-electron chi connectivity index (χ1n) is 3.99. The number of rotatable bonds is 3. The molecule has 3 nitrogen and oxygen atoms in total. The number of carboxylic acids is 1. The summed E-state index contributed by atoms with van der Waals surface area (Å²) in [6, 6.07) is 3.73. The van der Waals surface area contributed by atoms with E-state index in [0.29, 0.717) is 0 Å². The normalized spacial score (nSPS) is 11.3. The first-order chi connectivity index (χ1) is 6.20. The van der Waals surface area contributed by atoms with E-state index in [1.807, 2.05) is 19.1 Å². The third kappa shape index (κ3) is 3.07. The maximum absolute atomic E-state index is 10.3. The summed E-state index contributed by atoms with van der Waals surface area (Å²) in [5, 5.41) is 8.45. The second-order valence-electron chi connectivity index (χ2n) is 2.73. The van der Waals surface area contributed by atoms with Crippen molar-refractivity contribution in [2.24, 2.45) is 0 Å². The van der Waals surface area contributed by atoms with E-state index >= 15 is 0 Å². The van der Waals surface area contributed by atoms with Crippen LogP contribution < -0.4 is 0 Å². The van der Waals surface area contributed by atoms with Gasteiger partial charge in [0.25, 0.3) is 0 Å². The third-order valence-corrected chi connectivity index (χ3v) is 1.70. The molecule has 0 unspecified atom stereocenters. The van der Waals surface area contributed by atoms with Gasteiger partial charge in [-0.05, 0) is 24.1 Å². The molecular formula is C10H11NO2. The molecule has 1 rings (SSSR count). The lowest BCUT2D eigenvalue weighted by molar-refractivity contribution is -0.135. The molecule has 1 aromatic rings. The van der Waals surface area contributed by atoms with Crippen molar-refractivity contribution < 1.29 is 9.90 Å². The van der Waals surface area contributed by atoms with Crippen LogP contribution in [0.1, 0.15) is 18.9 Å². The van der Waals surface area contributed by atoms with Gasteiger partial charge < -0.3 is 5.11 Å². The standard InChI is InChI=1S/C10H11NO2/c1-8(4-5-10(12)13)9-3-2-6-11-7-9/h2-4,6-7H,5H2,1H3,(H,12,13)/b8-4+. The lowest BCUT2D eigenvalue weighted by Gasteiger charge is -1.98. The van der Waals surface area contributed by atoms with Gasteiger partial charge >= 0.3 is 5.97 Å². The number of carbonyl (C=O) groups is 1. The van der Waals surface area contributed by atoms with Gasteiger partial charge in [-0.3, -0.25) is 9.78 Å². The third-order valence-electron chi connectivity index (χ3n) is 1.70. The molecule has 0 fully saturated rings. The van der Waals surface area contributed by atoms with Gasteiger partial charge in [-0.2, -0.15) is 0 Å². The Balaban J connectivity index is 2.73. The Morgan fingerprint density at radius 2 is 2.46 bits per heavy atom. The van der Waals surface area contributed by atoms with E-state index in [0.717, 1.165) is 11.1 Å². The number of aromatic nitrogens is 1. The topological polar surface area (TPSA) is 50.2 Å². The fourth-order valence-electron chi connectivity index (χ4n) is 0.954. The zero-order chi connectivity index (χ0) is 9.68. The second-order valence-corrected chi connectivity index (χ2v) is 2.73. The number of pyridine rings is 1. The minimum Gasteiger partial charge on any atom is -0.481 e. The van der Waals surface area contributed by atoms with E-state index < -0.39 is 5.97 Å². The molecule has 0 aromatic carbocycles. The molecule has 0 bridgehead atoms. The van der Waals surface area contributed by atoms with Crippen molar-refractivity contribution >= 4 is 11.5 Å². The van der Waals surface area contributed by atoms with Crippen LogP contribution in [0, 0.1) is 0 Å². The molecule has 0 aliphatic carbocycles. The molecule has 1 heterocycles. The monoisotopic (exact) mass is 177 g/mol. The van der Waals surface area contributed by atoms with Gasteiger partial charge in [0, 0.05) is 12.4 Å². The largest absolute Gasteiger partial charge is 0.481 e. The highest BCUT2D eigenvalue weighted by molar-refractivity contribution is 5.73. The Kier molecular flexibility index (Phi) is 3.20. The fourth-order valence-corrected chi connectivity index (χ4v) is 0.954. The zero-order valence-electron chi connectivity index (χ0n) is 7.40. The van der Waals surface area contributed by atoms with Crippen LogP contribution in [0.25, 0.3) is 5.57 Å². The van der Waals surface area contributed by atoms with Crippen molar-refractivity contribution in [3.63, 3.8) is 0 Å². The zero-order valence-corrected chi connectivity index (χ0v) is 7.40. The average molecular weight is 177 g/mol. The fraction of sp³-hybridized carbons (Fsp3) is 0.200. The van der Waals surface area contributed by atoms with Crippen LogP contribution in [0.4, 0.5) is 0 Å². The van der Waals surface area contributed by atoms with Crippen LogP contribution >= 0.6 is 0 Å². The van der Waals surface area contributed by atoms with E-state index in [9.17, 15) is 4.79 Å². The van der Waals surface area contributed by atoms with Crippen LogP contribution in [-0.4, -0.2) is 16.1 Å². The predicted octanol–water partition coefficient (Wildman–Crippen LogP) is 1.96. The molecule has 0 radical (unpaired) electrons. The lowest BCUT2D eigenvalue weighted by atomic mass is 10.1. The quantitative estimate of drug-likeness (QED) is 0.767. The molecule has 0 atom stereocenters. The van der Waals surface area contributed by atoms with Crippen LogP contribution in [0.2, 0.25) is 0 Å². The molecule has 68 valence electrons. The molecule has 0 saturated heterocycles. The highest BCUT2D eigenvalue weighted by Gasteiger charge is 1.96. The van der Waals surface area contributed by atoms with E-state index in [1.54, 1.807) is 18.5 Å². The van der Waals surface area contributed by atoms with Gasteiger partial charge in [0.2, 0.25) is 0 Å². The molecule has 0 spiro atoms. The van der Waals surface area contributed by atoms with Crippen molar-refractivity contribution in [2.75, 3.05) is 0 Å². The minimum absolute atomic E-state index is 0.0563. The van der Waals surface area contributed by atoms with Crippen molar-refractivity contribution in [1.82, 2.24) is 4.98 Å². The number of hydrogen-bond acceptors (Lipinski definition) is 2. The maximum atomic E-state index is 10.3. The summed E-state index contributed by atoms with van der Waals surface area (Å²) in [5.41, 5.74) is 1.90. The lowest BCUT2D eigenvalue weighted by Crippen LogP contribution is -1.91. The Morgan fingerprint density at radius 3 is 3.00 bits per heavy atom. The predicted molar refractivity (Wildman–Crippen MR) is 50.1 cm³/mol. The molecule has 1 N–H and O–H groups in total. The average Bonchev–Trinajstić information content (AvgIpc) is 2.15. The van der Waals surface area contributed by atoms with E-state index in [2.05, 4.69) is 4.98 Å². The minimum atomic E-state index is -0.816. The highest BCUT2D eigenvalue weighted by Crippen LogP contribution is 2.11. The van der Waals surface area contributed by atoms with Crippen molar-refractivity contribution in [1.29, 1.82) is 0 Å². The Hall–Kier alpha value is -1.64. The van der Waals surface area contributed by atoms with E-state index in [1.165, 1.54) is 0 Å². The number of nitrogens with zero attached hydrogens (tertiary/aromatic N) is 1. The van der Waals surface area contributed by atoms with Gasteiger partial charge in [-0.1, -0.05) is 12.1 Å². The summed E-state index contributed by atoms with van der Waals surface area (Å²) in [6.45, 7) is 1.87. The highest BCUT2D eigenvalue weighted by atomic mass is 16.4. The molecule has 13 heavy (non-hydrogen) atoms. The molecule has 0 amide bonds. The van der Waals surface area contributed by atoms with Crippen molar-refractivity contribution in [3.8, 4) is 0 Å². The molecular weight excluding hydrogens is 166 g/mol. The molecule has 0 aliphatic rings. The molecule has 0 saturated carbocycles. The summed E-state index contributed by atoms with van der Waals surface area (Å²) in [4.78, 5) is 14.2. The summed E-state index contributed by atoms with van der Waals surface area (Å²) in [5.74, 6) is -0.816. The number of carboxylic acid groups (broad SMARTS) is 1. The van der Waals surface area contributed by atoms with Gasteiger partial charge in [0.1, 0.15) is 0 Å². The van der Waals surface area contributed by atoms with Crippen LogP contribution in [0.3, 0.4) is 0 Å². The summed E-state index contributed by atoms with van der Waals surface area (Å²) in [6.07, 6.45) is 5.14. The summed E-state index contributed by atoms with van der Waals surface area (Å²) < 4.78 is 0. The Morgan fingerprint density at radius 1 is 1.69 bits per heavy atom. The Bertz CT molecular complexity index is 317. The van der Waals surface area contributed by atoms with Gasteiger partial charge in [0.05, 0.1) is 6.42 Å². The van der Waals surface area contributed by atoms with Gasteiger partial charge in [-0.15, -0.1) is 0 Å². The number of hydrogen-bond donors (Lipinski definition) is 1. The smallest absolute Gasteiger partial charge is 0.307 e. The summed E-state index contributed by atoms with van der Waals surface area (Å²) in [7, 11) is 0. The van der Waals surface area contributed by atoms with Gasteiger partial charge in [0.15, 0.2) is 0 Å². The first-order valence-corrected chi connectivity index (χ1v) is 3.99. The van der Waals surface area contributed by atoms with Crippen molar-refractivity contribution in [3.05, 3.63) is 36.2 Å². The van der Waals surface area contributed by atoms with Crippen LogP contribution in [0.5, 0.6) is 0 Å². The molecule has 0 aliphatic heterocycles. The molecule has 3 heteroatoms. The molecule has 1 aromatic heterocycles. The summed E-state index contributed by atoms with van der Waals surface area (Å²) >= 11 is 0. The van der Waals surface area contributed by atoms with E-state index in [-0.39, 0.29) is 6.42 Å². The second kappa shape index (κ2) is 4.40. The number of allylic oxidation sites excluding steroid dienone is 1. The van der Waals surface area contributed by atoms with Crippen molar-refractivity contribution in [2.45, 2.75) is 13.3 Å². The maximum Gasteiger partial charge on any atom is 0.307 e. The Labute approximate surface area is 76.7 Å². The van der Waals surface area contributed by atoms with Gasteiger partial charge in [-0.25, -0.2) is 0 Å². The van der Waals surface area contributed by atoms with Crippen LogP contribution in [-0.2, 0) is 4.79 Å². The first kappa shape index (κ1) is 9.45. The van der Waals surface area contributed by atoms with Crippen LogP contribution in [0.15, 0.2) is 30.6 Å². The SMILES string of the molecule is C/C(=C\CC(=O)O)c1cccnc1. The van der Waals surface area contributed by atoms with E-state index in [4.69, 9.17) is 5.11 Å².